The van der Waals surface area contributed by atoms with Crippen LogP contribution in [-0.2, 0) is 9.53 Å². The summed E-state index contributed by atoms with van der Waals surface area (Å²) in [6.07, 6.45) is 2.49. The highest BCUT2D eigenvalue weighted by Crippen LogP contribution is 2.28. The van der Waals surface area contributed by atoms with E-state index in [9.17, 15) is 4.79 Å². The second-order valence-electron chi connectivity index (χ2n) is 4.59. The quantitative estimate of drug-likeness (QED) is 0.663. The van der Waals surface area contributed by atoms with Gasteiger partial charge in [-0.25, -0.2) is 0 Å². The van der Waals surface area contributed by atoms with Gasteiger partial charge in [0.25, 0.3) is 0 Å². The Hall–Kier alpha value is -1.81. The molecule has 2 rings (SSSR count). The Morgan fingerprint density at radius 2 is 2.11 bits per heavy atom. The fourth-order valence-electron chi connectivity index (χ4n) is 2.32. The summed E-state index contributed by atoms with van der Waals surface area (Å²) < 4.78 is 5.37. The van der Waals surface area contributed by atoms with Crippen LogP contribution < -0.4 is 5.32 Å². The minimum absolute atomic E-state index is 0.705. The predicted molar refractivity (Wildman–Crippen MR) is 77.2 cm³/mol. The van der Waals surface area contributed by atoms with Crippen molar-refractivity contribution in [2.45, 2.75) is 6.92 Å². The third-order valence-corrected chi connectivity index (χ3v) is 3.30. The highest BCUT2D eigenvalue weighted by molar-refractivity contribution is 5.85. The van der Waals surface area contributed by atoms with Gasteiger partial charge in [-0.3, -0.25) is 4.79 Å². The number of ether oxygens (including phenoxy) is 1. The van der Waals surface area contributed by atoms with Crippen LogP contribution in [0, 0.1) is 6.92 Å². The van der Waals surface area contributed by atoms with Crippen molar-refractivity contribution in [1.82, 2.24) is 4.90 Å². The Labute approximate surface area is 114 Å². The molecule has 1 fully saturated rings. The van der Waals surface area contributed by atoms with Gasteiger partial charge in [-0.05, 0) is 19.1 Å². The van der Waals surface area contributed by atoms with E-state index in [0.29, 0.717) is 13.2 Å². The average Bonchev–Trinajstić information content (AvgIpc) is 2.45. The van der Waals surface area contributed by atoms with Gasteiger partial charge in [0.05, 0.1) is 13.2 Å². The molecule has 1 saturated heterocycles. The number of hydrogen-bond donors (Lipinski definition) is 1. The number of rotatable bonds is 4. The van der Waals surface area contributed by atoms with Crippen LogP contribution >= 0.6 is 0 Å². The van der Waals surface area contributed by atoms with Crippen LogP contribution in [0.4, 0.5) is 5.69 Å². The monoisotopic (exact) mass is 260 g/mol. The van der Waals surface area contributed by atoms with Crippen molar-refractivity contribution in [2.75, 3.05) is 38.7 Å². The lowest BCUT2D eigenvalue weighted by Gasteiger charge is -2.32. The molecule has 0 radical (unpaired) electrons. The zero-order chi connectivity index (χ0) is 13.7. The molecule has 1 aromatic carbocycles. The summed E-state index contributed by atoms with van der Waals surface area (Å²) >= 11 is 0. The van der Waals surface area contributed by atoms with Gasteiger partial charge in [-0.15, -0.1) is 0 Å². The Morgan fingerprint density at radius 3 is 2.74 bits per heavy atom. The zero-order valence-electron chi connectivity index (χ0n) is 11.5. The number of hydrogen-bond acceptors (Lipinski definition) is 4. The lowest BCUT2D eigenvalue weighted by Crippen LogP contribution is -2.35. The lowest BCUT2D eigenvalue weighted by molar-refractivity contribution is -0.104. The number of carbonyl (C=O) groups excluding carboxylic acids is 1. The Morgan fingerprint density at radius 1 is 1.37 bits per heavy atom. The molecule has 4 nitrogen and oxygen atoms in total. The second-order valence-corrected chi connectivity index (χ2v) is 4.59. The molecule has 1 aromatic rings. The van der Waals surface area contributed by atoms with E-state index in [4.69, 9.17) is 4.74 Å². The van der Waals surface area contributed by atoms with Gasteiger partial charge in [-0.2, -0.15) is 0 Å². The van der Waals surface area contributed by atoms with Crippen LogP contribution in [0.3, 0.4) is 0 Å². The fourth-order valence-corrected chi connectivity index (χ4v) is 2.32. The number of nitrogens with one attached hydrogen (secondary N) is 1. The van der Waals surface area contributed by atoms with Crippen molar-refractivity contribution >= 4 is 17.7 Å². The van der Waals surface area contributed by atoms with Crippen molar-refractivity contribution in [3.05, 3.63) is 35.4 Å². The molecule has 0 spiro atoms. The first-order valence-electron chi connectivity index (χ1n) is 6.53. The highest BCUT2D eigenvalue weighted by Gasteiger charge is 2.17. The van der Waals surface area contributed by atoms with E-state index in [1.54, 1.807) is 6.08 Å². The van der Waals surface area contributed by atoms with Crippen molar-refractivity contribution in [2.24, 2.45) is 0 Å². The topological polar surface area (TPSA) is 41.6 Å². The first-order valence-corrected chi connectivity index (χ1v) is 6.53. The molecule has 0 aromatic heterocycles. The molecular weight excluding hydrogens is 240 g/mol. The third-order valence-electron chi connectivity index (χ3n) is 3.30. The lowest BCUT2D eigenvalue weighted by atomic mass is 10.0. The highest BCUT2D eigenvalue weighted by atomic mass is 16.5. The number of benzene rings is 1. The molecular formula is C15H20N2O2. The summed E-state index contributed by atoms with van der Waals surface area (Å²) in [5.41, 5.74) is 4.24. The van der Waals surface area contributed by atoms with Crippen molar-refractivity contribution in [3.8, 4) is 0 Å². The molecule has 102 valence electrons. The molecule has 19 heavy (non-hydrogen) atoms. The van der Waals surface area contributed by atoms with E-state index >= 15 is 0 Å². The molecule has 0 aliphatic carbocycles. The predicted octanol–water partition coefficient (Wildman–Crippen LogP) is 1.91. The molecule has 4 heteroatoms. The van der Waals surface area contributed by atoms with E-state index < -0.39 is 0 Å². The fraction of sp³-hybridized carbons (Fsp3) is 0.400. The van der Waals surface area contributed by atoms with Crippen LogP contribution in [0.5, 0.6) is 0 Å². The summed E-state index contributed by atoms with van der Waals surface area (Å²) in [5.74, 6) is 0. The van der Waals surface area contributed by atoms with Crippen LogP contribution in [-0.4, -0.2) is 44.5 Å². The van der Waals surface area contributed by atoms with Crippen molar-refractivity contribution < 1.29 is 9.53 Å². The zero-order valence-corrected chi connectivity index (χ0v) is 11.5. The van der Waals surface area contributed by atoms with E-state index in [-0.39, 0.29) is 0 Å². The minimum Gasteiger partial charge on any atom is -0.388 e. The second kappa shape index (κ2) is 6.38. The summed E-state index contributed by atoms with van der Waals surface area (Å²) in [4.78, 5) is 13.2. The minimum atomic E-state index is 0.705. The van der Waals surface area contributed by atoms with Crippen LogP contribution in [0.15, 0.2) is 24.3 Å². The van der Waals surface area contributed by atoms with Gasteiger partial charge in [0, 0.05) is 43.2 Å². The van der Waals surface area contributed by atoms with Gasteiger partial charge < -0.3 is 15.0 Å². The molecule has 1 aliphatic rings. The first-order chi connectivity index (χ1) is 9.26. The van der Waals surface area contributed by atoms with Crippen molar-refractivity contribution in [3.63, 3.8) is 0 Å². The summed E-state index contributed by atoms with van der Waals surface area (Å²) in [5, 5.41) is 3.19. The van der Waals surface area contributed by atoms with Gasteiger partial charge in [0.2, 0.25) is 0 Å². The van der Waals surface area contributed by atoms with Gasteiger partial charge >= 0.3 is 0 Å². The van der Waals surface area contributed by atoms with Crippen LogP contribution in [0.1, 0.15) is 11.1 Å². The maximum atomic E-state index is 11.0. The molecule has 1 N–H and O–H groups in total. The van der Waals surface area contributed by atoms with Gasteiger partial charge in [0.15, 0.2) is 0 Å². The number of allylic oxidation sites excluding steroid dienone is 1. The van der Waals surface area contributed by atoms with E-state index in [0.717, 1.165) is 36.3 Å². The number of aryl methyl sites for hydroxylation is 1. The molecule has 0 saturated carbocycles. The van der Waals surface area contributed by atoms with Gasteiger partial charge in [-0.1, -0.05) is 11.6 Å². The molecule has 0 atom stereocenters. The number of carbonyl (C=O) groups is 1. The largest absolute Gasteiger partial charge is 0.388 e. The average molecular weight is 260 g/mol. The number of anilines is 1. The van der Waals surface area contributed by atoms with E-state index in [1.165, 1.54) is 5.56 Å². The molecule has 0 bridgehead atoms. The Balaban J connectivity index is 2.40. The SMILES string of the molecule is CNc1ccc(C)cc1/C(=C\C=O)N1CCOCC1. The normalized spacial score (nSPS) is 16.3. The van der Waals surface area contributed by atoms with Gasteiger partial charge in [0.1, 0.15) is 6.29 Å². The summed E-state index contributed by atoms with van der Waals surface area (Å²) in [7, 11) is 1.89. The standard InChI is InChI=1S/C15H20N2O2/c1-12-3-4-14(16-2)13(11-12)15(5-8-18)17-6-9-19-10-7-17/h3-5,8,11,16H,6-7,9-10H2,1-2H3/b15-5+. The van der Waals surface area contributed by atoms with Crippen LogP contribution in [0.2, 0.25) is 0 Å². The van der Waals surface area contributed by atoms with Crippen molar-refractivity contribution in [1.29, 1.82) is 0 Å². The maximum Gasteiger partial charge on any atom is 0.144 e. The third kappa shape index (κ3) is 3.15. The molecule has 0 amide bonds. The molecule has 0 unspecified atom stereocenters. The number of morpholine rings is 1. The Kier molecular flexibility index (Phi) is 4.58. The van der Waals surface area contributed by atoms with E-state index in [2.05, 4.69) is 29.3 Å². The first kappa shape index (κ1) is 13.6. The Bertz CT molecular complexity index is 477. The summed E-state index contributed by atoms with van der Waals surface area (Å²) in [6, 6.07) is 6.22. The molecule has 1 heterocycles. The summed E-state index contributed by atoms with van der Waals surface area (Å²) in [6.45, 7) is 5.10. The maximum absolute atomic E-state index is 11.0. The number of aldehydes is 1. The smallest absolute Gasteiger partial charge is 0.144 e. The van der Waals surface area contributed by atoms with Crippen LogP contribution in [0.25, 0.3) is 5.70 Å². The number of nitrogens with zero attached hydrogens (tertiary/aromatic N) is 1. The molecule has 1 aliphatic heterocycles. The van der Waals surface area contributed by atoms with E-state index in [1.807, 2.05) is 13.1 Å².